The molecule has 0 aliphatic carbocycles. The molecule has 0 fully saturated rings. The van der Waals surface area contributed by atoms with Crippen LogP contribution in [0.1, 0.15) is 25.8 Å². The molecule has 0 bridgehead atoms. The molecule has 0 N–H and O–H groups in total. The van der Waals surface area contributed by atoms with Gasteiger partial charge in [-0.15, -0.1) is 0 Å². The van der Waals surface area contributed by atoms with E-state index in [1.165, 1.54) is 18.5 Å². The van der Waals surface area contributed by atoms with E-state index >= 15 is 0 Å². The largest absolute Gasteiger partial charge is 0.298 e. The number of hydrogen-bond acceptors (Lipinski definition) is 2. The molecule has 16 heavy (non-hydrogen) atoms. The van der Waals surface area contributed by atoms with Gasteiger partial charge in [-0.3, -0.25) is 4.90 Å². The van der Waals surface area contributed by atoms with Gasteiger partial charge in [-0.1, -0.05) is 44.2 Å². The lowest BCUT2D eigenvalue weighted by molar-refractivity contribution is 0.265. The summed E-state index contributed by atoms with van der Waals surface area (Å²) >= 11 is 4.33. The molecule has 0 heterocycles. The van der Waals surface area contributed by atoms with E-state index in [0.717, 1.165) is 24.8 Å². The van der Waals surface area contributed by atoms with Crippen LogP contribution in [-0.2, 0) is 6.54 Å². The first kappa shape index (κ1) is 13.6. The van der Waals surface area contributed by atoms with Crippen LogP contribution in [0.2, 0.25) is 0 Å². The Bertz CT molecular complexity index is 271. The third kappa shape index (κ3) is 5.57. The molecule has 0 saturated heterocycles. The molecule has 1 aromatic carbocycles. The third-order valence-corrected chi connectivity index (χ3v) is 2.89. The molecule has 2 heteroatoms. The molecule has 0 spiro atoms. The number of nitrogens with zero attached hydrogens (tertiary/aromatic N) is 1. The summed E-state index contributed by atoms with van der Waals surface area (Å²) in [6, 6.07) is 10.7. The van der Waals surface area contributed by atoms with Crippen molar-refractivity contribution in [1.29, 1.82) is 0 Å². The molecule has 0 saturated carbocycles. The highest BCUT2D eigenvalue weighted by Gasteiger charge is 2.05. The van der Waals surface area contributed by atoms with Crippen LogP contribution in [0.5, 0.6) is 0 Å². The SMILES string of the molecule is CC(C)CCN(CCS)Cc1ccccc1. The molecule has 0 aromatic heterocycles. The Labute approximate surface area is 105 Å². The highest BCUT2D eigenvalue weighted by molar-refractivity contribution is 7.80. The van der Waals surface area contributed by atoms with Crippen molar-refractivity contribution in [2.75, 3.05) is 18.8 Å². The fourth-order valence-corrected chi connectivity index (χ4v) is 1.98. The predicted octanol–water partition coefficient (Wildman–Crippen LogP) is 3.46. The summed E-state index contributed by atoms with van der Waals surface area (Å²) in [4.78, 5) is 2.49. The van der Waals surface area contributed by atoms with Gasteiger partial charge in [0, 0.05) is 18.8 Å². The van der Waals surface area contributed by atoms with Gasteiger partial charge in [0.25, 0.3) is 0 Å². The number of rotatable bonds is 7. The van der Waals surface area contributed by atoms with E-state index in [1.54, 1.807) is 0 Å². The van der Waals surface area contributed by atoms with Crippen molar-refractivity contribution in [1.82, 2.24) is 4.90 Å². The van der Waals surface area contributed by atoms with Crippen molar-refractivity contribution in [2.24, 2.45) is 5.92 Å². The zero-order valence-electron chi connectivity index (χ0n) is 10.4. The average Bonchev–Trinajstić information content (AvgIpc) is 2.27. The second kappa shape index (κ2) is 7.75. The van der Waals surface area contributed by atoms with E-state index in [0.29, 0.717) is 0 Å². The minimum Gasteiger partial charge on any atom is -0.298 e. The van der Waals surface area contributed by atoms with Gasteiger partial charge < -0.3 is 0 Å². The first-order valence-electron chi connectivity index (χ1n) is 6.09. The molecule has 1 nitrogen and oxygen atoms in total. The Morgan fingerprint density at radius 1 is 1.12 bits per heavy atom. The van der Waals surface area contributed by atoms with Crippen molar-refractivity contribution in [2.45, 2.75) is 26.8 Å². The zero-order valence-corrected chi connectivity index (χ0v) is 11.3. The molecule has 0 amide bonds. The van der Waals surface area contributed by atoms with E-state index in [-0.39, 0.29) is 0 Å². The van der Waals surface area contributed by atoms with E-state index in [2.05, 4.69) is 61.7 Å². The van der Waals surface area contributed by atoms with Crippen LogP contribution in [0.3, 0.4) is 0 Å². The number of hydrogen-bond donors (Lipinski definition) is 1. The van der Waals surface area contributed by atoms with E-state index in [9.17, 15) is 0 Å². The normalized spacial score (nSPS) is 11.3. The van der Waals surface area contributed by atoms with E-state index in [1.807, 2.05) is 0 Å². The maximum absolute atomic E-state index is 4.33. The number of benzene rings is 1. The lowest BCUT2D eigenvalue weighted by Gasteiger charge is -2.22. The molecular weight excluding hydrogens is 214 g/mol. The van der Waals surface area contributed by atoms with Crippen LogP contribution in [0, 0.1) is 5.92 Å². The van der Waals surface area contributed by atoms with Crippen LogP contribution in [0.25, 0.3) is 0 Å². The van der Waals surface area contributed by atoms with Gasteiger partial charge >= 0.3 is 0 Å². The summed E-state index contributed by atoms with van der Waals surface area (Å²) in [6.45, 7) is 7.86. The summed E-state index contributed by atoms with van der Waals surface area (Å²) in [5.74, 6) is 1.71. The van der Waals surface area contributed by atoms with Gasteiger partial charge in [0.2, 0.25) is 0 Å². The Balaban J connectivity index is 2.44. The first-order valence-corrected chi connectivity index (χ1v) is 6.72. The summed E-state index contributed by atoms with van der Waals surface area (Å²) in [6.07, 6.45) is 1.26. The number of thiol groups is 1. The molecule has 90 valence electrons. The highest BCUT2D eigenvalue weighted by atomic mass is 32.1. The van der Waals surface area contributed by atoms with E-state index in [4.69, 9.17) is 0 Å². The average molecular weight is 237 g/mol. The van der Waals surface area contributed by atoms with Crippen molar-refractivity contribution >= 4 is 12.6 Å². The van der Waals surface area contributed by atoms with Crippen molar-refractivity contribution in [3.63, 3.8) is 0 Å². The zero-order chi connectivity index (χ0) is 11.8. The minimum absolute atomic E-state index is 0.776. The Morgan fingerprint density at radius 3 is 2.38 bits per heavy atom. The monoisotopic (exact) mass is 237 g/mol. The van der Waals surface area contributed by atoms with Crippen LogP contribution < -0.4 is 0 Å². The molecule has 1 aromatic rings. The standard InChI is InChI=1S/C14H23NS/c1-13(2)8-9-15(10-11-16)12-14-6-4-3-5-7-14/h3-7,13,16H,8-12H2,1-2H3. The fraction of sp³-hybridized carbons (Fsp3) is 0.571. The molecule has 1 rings (SSSR count). The van der Waals surface area contributed by atoms with Gasteiger partial charge in [-0.05, 0) is 24.4 Å². The molecular formula is C14H23NS. The summed E-state index contributed by atoms with van der Waals surface area (Å²) in [5.41, 5.74) is 1.40. The predicted molar refractivity (Wildman–Crippen MR) is 75.0 cm³/mol. The molecule has 0 aliphatic rings. The van der Waals surface area contributed by atoms with Crippen LogP contribution in [0.15, 0.2) is 30.3 Å². The summed E-state index contributed by atoms with van der Waals surface area (Å²) in [5, 5.41) is 0. The van der Waals surface area contributed by atoms with Gasteiger partial charge in [-0.25, -0.2) is 0 Å². The second-order valence-corrected chi connectivity index (χ2v) is 5.12. The topological polar surface area (TPSA) is 3.24 Å². The maximum atomic E-state index is 4.33. The Hall–Kier alpha value is -0.470. The van der Waals surface area contributed by atoms with Gasteiger partial charge in [0.1, 0.15) is 0 Å². The molecule has 0 atom stereocenters. The van der Waals surface area contributed by atoms with Crippen molar-refractivity contribution < 1.29 is 0 Å². The van der Waals surface area contributed by atoms with Crippen LogP contribution in [0.4, 0.5) is 0 Å². The summed E-state index contributed by atoms with van der Waals surface area (Å²) < 4.78 is 0. The first-order chi connectivity index (χ1) is 7.72. The van der Waals surface area contributed by atoms with Crippen molar-refractivity contribution in [3.05, 3.63) is 35.9 Å². The quantitative estimate of drug-likeness (QED) is 0.711. The molecule has 0 unspecified atom stereocenters. The smallest absolute Gasteiger partial charge is 0.0234 e. The minimum atomic E-state index is 0.776. The van der Waals surface area contributed by atoms with Gasteiger partial charge in [0.05, 0.1) is 0 Å². The Morgan fingerprint density at radius 2 is 1.81 bits per heavy atom. The molecule has 0 aliphatic heterocycles. The lowest BCUT2D eigenvalue weighted by Crippen LogP contribution is -2.27. The van der Waals surface area contributed by atoms with Crippen LogP contribution in [-0.4, -0.2) is 23.7 Å². The lowest BCUT2D eigenvalue weighted by atomic mass is 10.1. The highest BCUT2D eigenvalue weighted by Crippen LogP contribution is 2.08. The Kier molecular flexibility index (Phi) is 6.58. The maximum Gasteiger partial charge on any atom is 0.0234 e. The van der Waals surface area contributed by atoms with Gasteiger partial charge in [-0.2, -0.15) is 12.6 Å². The van der Waals surface area contributed by atoms with Crippen LogP contribution >= 0.6 is 12.6 Å². The van der Waals surface area contributed by atoms with Crippen molar-refractivity contribution in [3.8, 4) is 0 Å². The molecule has 0 radical (unpaired) electrons. The second-order valence-electron chi connectivity index (χ2n) is 4.67. The fourth-order valence-electron chi connectivity index (χ4n) is 1.69. The summed E-state index contributed by atoms with van der Waals surface area (Å²) in [7, 11) is 0. The van der Waals surface area contributed by atoms with Gasteiger partial charge in [0.15, 0.2) is 0 Å². The third-order valence-electron chi connectivity index (χ3n) is 2.69. The van der Waals surface area contributed by atoms with E-state index < -0.39 is 0 Å².